The highest BCUT2D eigenvalue weighted by atomic mass is 14.8. The van der Waals surface area contributed by atoms with Gasteiger partial charge in [-0.2, -0.15) is 0 Å². The van der Waals surface area contributed by atoms with Gasteiger partial charge in [-0.15, -0.1) is 0 Å². The Kier molecular flexibility index (Phi) is 0.494. The molecular formula is C11H14. The van der Waals surface area contributed by atoms with Crippen molar-refractivity contribution in [3.8, 4) is 0 Å². The molecule has 6 fully saturated rings. The second-order valence-electron chi connectivity index (χ2n) is 5.84. The Morgan fingerprint density at radius 2 is 0.727 bits per heavy atom. The largest absolute Gasteiger partial charge is 0.0465 e. The quantitative estimate of drug-likeness (QED) is 0.491. The van der Waals surface area contributed by atoms with Gasteiger partial charge in [-0.1, -0.05) is 0 Å². The summed E-state index contributed by atoms with van der Waals surface area (Å²) in [4.78, 5) is 0. The number of hydrogen-bond donors (Lipinski definition) is 0. The van der Waals surface area contributed by atoms with E-state index in [0.717, 1.165) is 0 Å². The van der Waals surface area contributed by atoms with Crippen LogP contribution in [0.1, 0.15) is 19.3 Å². The Morgan fingerprint density at radius 1 is 0.455 bits per heavy atom. The molecule has 0 N–H and O–H groups in total. The van der Waals surface area contributed by atoms with Crippen molar-refractivity contribution >= 4 is 0 Å². The molecule has 58 valence electrons. The molecule has 6 aliphatic carbocycles. The van der Waals surface area contributed by atoms with E-state index in [4.69, 9.17) is 0 Å². The summed E-state index contributed by atoms with van der Waals surface area (Å²) in [5, 5.41) is 0. The minimum Gasteiger partial charge on any atom is -0.0465 e. The Bertz CT molecular complexity index is 190. The van der Waals surface area contributed by atoms with Crippen molar-refractivity contribution in [1.82, 2.24) is 0 Å². The SMILES string of the molecule is C1[C@@H]2C3[C@H]4C[C@H]4C([C@H]12)[C@@H]1C[C@H]31. The Balaban J connectivity index is 1.77. The first-order chi connectivity index (χ1) is 5.45. The van der Waals surface area contributed by atoms with Crippen LogP contribution in [0, 0.1) is 47.3 Å². The minimum atomic E-state index is 1.27. The predicted molar refractivity (Wildman–Crippen MR) is 41.8 cm³/mol. The Hall–Kier alpha value is 0. The molecule has 0 saturated heterocycles. The lowest BCUT2D eigenvalue weighted by molar-refractivity contribution is 0.132. The van der Waals surface area contributed by atoms with Gasteiger partial charge in [0.1, 0.15) is 0 Å². The minimum absolute atomic E-state index is 1.27. The summed E-state index contributed by atoms with van der Waals surface area (Å²) in [5.41, 5.74) is 0. The topological polar surface area (TPSA) is 0 Å². The maximum Gasteiger partial charge on any atom is -0.0320 e. The van der Waals surface area contributed by atoms with Gasteiger partial charge in [0.15, 0.2) is 0 Å². The van der Waals surface area contributed by atoms with Crippen LogP contribution in [0.15, 0.2) is 0 Å². The fourth-order valence-corrected chi connectivity index (χ4v) is 5.27. The molecule has 0 aromatic heterocycles. The van der Waals surface area contributed by atoms with E-state index >= 15 is 0 Å². The van der Waals surface area contributed by atoms with Crippen molar-refractivity contribution in [3.63, 3.8) is 0 Å². The van der Waals surface area contributed by atoms with Gasteiger partial charge >= 0.3 is 0 Å². The molecule has 6 aliphatic rings. The van der Waals surface area contributed by atoms with Crippen LogP contribution in [-0.2, 0) is 0 Å². The molecule has 0 aromatic carbocycles. The molecule has 11 heavy (non-hydrogen) atoms. The third-order valence-corrected chi connectivity index (χ3v) is 5.64. The smallest absolute Gasteiger partial charge is 0.0320 e. The van der Waals surface area contributed by atoms with Crippen molar-refractivity contribution < 1.29 is 0 Å². The maximum atomic E-state index is 1.66. The van der Waals surface area contributed by atoms with Gasteiger partial charge in [0.2, 0.25) is 0 Å². The molecule has 6 rings (SSSR count). The fourth-order valence-electron chi connectivity index (χ4n) is 5.27. The highest BCUT2D eigenvalue weighted by Crippen LogP contribution is 2.82. The van der Waals surface area contributed by atoms with Crippen LogP contribution >= 0.6 is 0 Å². The van der Waals surface area contributed by atoms with E-state index in [1.807, 2.05) is 0 Å². The van der Waals surface area contributed by atoms with E-state index in [1.54, 1.807) is 19.3 Å². The third-order valence-electron chi connectivity index (χ3n) is 5.64. The normalized spacial score (nSPS) is 85.1. The molecule has 0 unspecified atom stereocenters. The number of rotatable bonds is 0. The molecule has 0 spiro atoms. The van der Waals surface area contributed by atoms with E-state index in [2.05, 4.69) is 0 Å². The van der Waals surface area contributed by atoms with Crippen LogP contribution in [-0.4, -0.2) is 0 Å². The van der Waals surface area contributed by atoms with Crippen LogP contribution in [0.2, 0.25) is 0 Å². The highest BCUT2D eigenvalue weighted by Gasteiger charge is 2.76. The molecule has 0 heteroatoms. The zero-order valence-electron chi connectivity index (χ0n) is 6.74. The molecule has 6 saturated carbocycles. The van der Waals surface area contributed by atoms with Gasteiger partial charge in [0.05, 0.1) is 0 Å². The van der Waals surface area contributed by atoms with Crippen molar-refractivity contribution in [2.24, 2.45) is 47.3 Å². The van der Waals surface area contributed by atoms with E-state index in [-0.39, 0.29) is 0 Å². The van der Waals surface area contributed by atoms with E-state index < -0.39 is 0 Å². The summed E-state index contributed by atoms with van der Waals surface area (Å²) < 4.78 is 0. The molecule has 2 bridgehead atoms. The van der Waals surface area contributed by atoms with Gasteiger partial charge in [0.25, 0.3) is 0 Å². The lowest BCUT2D eigenvalue weighted by Crippen LogP contribution is -2.30. The molecule has 6 atom stereocenters. The average molecular weight is 146 g/mol. The predicted octanol–water partition coefficient (Wildman–Crippen LogP) is 2.15. The van der Waals surface area contributed by atoms with Crippen LogP contribution in [0.5, 0.6) is 0 Å². The van der Waals surface area contributed by atoms with E-state index in [9.17, 15) is 0 Å². The average Bonchev–Trinajstić information content (AvgIpc) is 2.79. The maximum absolute atomic E-state index is 1.66. The standard InChI is InChI=1S/C11H14/c1-4-5(1)11-7-2-6(7)10(4)8-3-9(8)11/h4-11H,1-3H2/t4-,5+,6-,7+,8-,9+,10?,11?. The molecule has 0 nitrogen and oxygen atoms in total. The lowest BCUT2D eigenvalue weighted by atomic mass is 9.71. The summed E-state index contributed by atoms with van der Waals surface area (Å²) in [5.74, 6) is 10.2. The summed E-state index contributed by atoms with van der Waals surface area (Å²) in [6, 6.07) is 0. The van der Waals surface area contributed by atoms with E-state index in [0.29, 0.717) is 0 Å². The lowest BCUT2D eigenvalue weighted by Gasteiger charge is -2.34. The molecule has 0 aromatic rings. The van der Waals surface area contributed by atoms with Crippen molar-refractivity contribution in [1.29, 1.82) is 0 Å². The van der Waals surface area contributed by atoms with Crippen LogP contribution in [0.3, 0.4) is 0 Å². The van der Waals surface area contributed by atoms with Gasteiger partial charge in [0, 0.05) is 0 Å². The second-order valence-corrected chi connectivity index (χ2v) is 5.84. The first-order valence-corrected chi connectivity index (χ1v) is 5.45. The Morgan fingerprint density at radius 3 is 1.00 bits per heavy atom. The van der Waals surface area contributed by atoms with Crippen LogP contribution < -0.4 is 0 Å². The summed E-state index contributed by atoms with van der Waals surface area (Å²) in [6.07, 6.45) is 4.99. The van der Waals surface area contributed by atoms with Gasteiger partial charge in [-0.3, -0.25) is 0 Å². The monoisotopic (exact) mass is 146 g/mol. The van der Waals surface area contributed by atoms with Crippen molar-refractivity contribution in [2.75, 3.05) is 0 Å². The molecule has 0 amide bonds. The zero-order chi connectivity index (χ0) is 6.74. The molecule has 0 aliphatic heterocycles. The van der Waals surface area contributed by atoms with Crippen molar-refractivity contribution in [3.05, 3.63) is 0 Å². The third kappa shape index (κ3) is 0.363. The summed E-state index contributed by atoms with van der Waals surface area (Å²) >= 11 is 0. The van der Waals surface area contributed by atoms with Gasteiger partial charge < -0.3 is 0 Å². The summed E-state index contributed by atoms with van der Waals surface area (Å²) in [6.45, 7) is 0. The second kappa shape index (κ2) is 1.11. The van der Waals surface area contributed by atoms with Crippen LogP contribution in [0.25, 0.3) is 0 Å². The first kappa shape index (κ1) is 4.89. The molecular weight excluding hydrogens is 132 g/mol. The van der Waals surface area contributed by atoms with E-state index in [1.165, 1.54) is 47.3 Å². The highest BCUT2D eigenvalue weighted by molar-refractivity contribution is 5.24. The Labute approximate surface area is 67.4 Å². The summed E-state index contributed by atoms with van der Waals surface area (Å²) in [7, 11) is 0. The van der Waals surface area contributed by atoms with Crippen molar-refractivity contribution in [2.45, 2.75) is 19.3 Å². The zero-order valence-corrected chi connectivity index (χ0v) is 6.74. The van der Waals surface area contributed by atoms with Gasteiger partial charge in [-0.25, -0.2) is 0 Å². The molecule has 0 heterocycles. The molecule has 0 radical (unpaired) electrons. The number of hydrogen-bond acceptors (Lipinski definition) is 0. The van der Waals surface area contributed by atoms with Gasteiger partial charge in [-0.05, 0) is 66.6 Å². The fraction of sp³-hybridized carbons (Fsp3) is 1.00. The van der Waals surface area contributed by atoms with Crippen LogP contribution in [0.4, 0.5) is 0 Å². The first-order valence-electron chi connectivity index (χ1n) is 5.45.